The zero-order valence-electron chi connectivity index (χ0n) is 33.5. The maximum absolute atomic E-state index is 14.0. The second-order valence-electron chi connectivity index (χ2n) is 16.5. The van der Waals surface area contributed by atoms with Crippen LogP contribution in [0.2, 0.25) is 0 Å². The number of carbonyl (C=O) groups is 4. The molecule has 2 unspecified atom stereocenters. The molecule has 0 spiro atoms. The Morgan fingerprint density at radius 2 is 1.72 bits per heavy atom. The average molecular weight is 812 g/mol. The van der Waals surface area contributed by atoms with E-state index >= 15 is 0 Å². The normalized spacial score (nSPS) is 36.3. The maximum Gasteiger partial charge on any atom is 0.316 e. The number of nitrogens with zero attached hydrogens (tertiary/aromatic N) is 1. The summed E-state index contributed by atoms with van der Waals surface area (Å²) in [5.74, 6) is -5.36. The molecule has 3 fully saturated rings. The van der Waals surface area contributed by atoms with Crippen LogP contribution in [0.3, 0.4) is 0 Å². The van der Waals surface area contributed by atoms with E-state index in [1.54, 1.807) is 34.9 Å². The molecule has 3 heterocycles. The number of aliphatic hydroxyl groups is 3. The van der Waals surface area contributed by atoms with Crippen LogP contribution in [0.25, 0.3) is 0 Å². The van der Waals surface area contributed by atoms with Gasteiger partial charge < -0.3 is 58.9 Å². The van der Waals surface area contributed by atoms with Crippen molar-refractivity contribution in [2.24, 2.45) is 5.92 Å². The number of phenols is 2. The van der Waals surface area contributed by atoms with Crippen LogP contribution in [0.15, 0.2) is 24.3 Å². The van der Waals surface area contributed by atoms with Gasteiger partial charge >= 0.3 is 5.97 Å². The van der Waals surface area contributed by atoms with Crippen LogP contribution in [0.5, 0.6) is 11.5 Å². The van der Waals surface area contributed by atoms with E-state index in [0.717, 1.165) is 7.11 Å². The number of phenolic OH excluding ortho intramolecular Hbond substituents is 2. The minimum atomic E-state index is -1.81. The largest absolute Gasteiger partial charge is 0.507 e. The number of carbonyl (C=O) groups excluding carboxylic acids is 4. The number of fused-ring (bicyclic) bond motifs is 3. The Kier molecular flexibility index (Phi) is 11.9. The van der Waals surface area contributed by atoms with E-state index in [2.05, 4.69) is 0 Å². The first kappa shape index (κ1) is 42.3. The van der Waals surface area contributed by atoms with E-state index in [1.807, 2.05) is 4.90 Å². The van der Waals surface area contributed by atoms with Crippen molar-refractivity contribution in [1.29, 1.82) is 0 Å². The van der Waals surface area contributed by atoms with Gasteiger partial charge in [-0.05, 0) is 58.5 Å². The van der Waals surface area contributed by atoms with Gasteiger partial charge in [0.15, 0.2) is 24.1 Å². The Balaban J connectivity index is 1.20. The molecule has 7 rings (SSSR count). The fraction of sp³-hybridized carbons (Fsp3) is 0.619. The van der Waals surface area contributed by atoms with Crippen molar-refractivity contribution in [2.45, 2.75) is 132 Å². The van der Waals surface area contributed by atoms with Crippen LogP contribution in [-0.4, -0.2) is 142 Å². The highest BCUT2D eigenvalue weighted by Crippen LogP contribution is 2.54. The molecule has 2 aromatic carbocycles. The van der Waals surface area contributed by atoms with Gasteiger partial charge in [0.25, 0.3) is 0 Å². The monoisotopic (exact) mass is 811 g/mol. The van der Waals surface area contributed by atoms with Gasteiger partial charge in [-0.1, -0.05) is 19.1 Å². The summed E-state index contributed by atoms with van der Waals surface area (Å²) in [4.78, 5) is 55.1. The molecule has 3 aliphatic heterocycles. The highest BCUT2D eigenvalue weighted by molar-refractivity contribution is 6.30. The summed E-state index contributed by atoms with van der Waals surface area (Å²) in [7, 11) is 4.73. The average Bonchev–Trinajstić information content (AvgIpc) is 3.18. The van der Waals surface area contributed by atoms with Crippen LogP contribution < -0.4 is 0 Å². The first-order valence-corrected chi connectivity index (χ1v) is 19.9. The van der Waals surface area contributed by atoms with Gasteiger partial charge in [0.05, 0.1) is 61.0 Å². The summed E-state index contributed by atoms with van der Waals surface area (Å²) in [5, 5.41) is 58.1. The molecular formula is C42H53NO15. The third-order valence-corrected chi connectivity index (χ3v) is 12.8. The first-order valence-electron chi connectivity index (χ1n) is 19.9. The summed E-state index contributed by atoms with van der Waals surface area (Å²) in [6.07, 6.45) is -7.33. The fourth-order valence-corrected chi connectivity index (χ4v) is 9.41. The molecule has 0 saturated carbocycles. The maximum atomic E-state index is 14.0. The molecule has 5 N–H and O–H groups in total. The molecule has 2 aromatic rings. The minimum absolute atomic E-state index is 0.0222. The van der Waals surface area contributed by atoms with E-state index < -0.39 is 108 Å². The number of ketones is 3. The lowest BCUT2D eigenvalue weighted by Crippen LogP contribution is -2.58. The predicted molar refractivity (Wildman–Crippen MR) is 201 cm³/mol. The zero-order chi connectivity index (χ0) is 42.0. The summed E-state index contributed by atoms with van der Waals surface area (Å²) >= 11 is 0. The molecule has 16 nitrogen and oxygen atoms in total. The molecule has 2 aliphatic carbocycles. The van der Waals surface area contributed by atoms with Gasteiger partial charge in [0, 0.05) is 54.3 Å². The number of benzene rings is 2. The van der Waals surface area contributed by atoms with E-state index in [-0.39, 0.29) is 71.5 Å². The SMILES string of the molecule is CC[C@@]1(O)C[C@H](O[C@@H]2C[C@@H](N(C)C)[C@@H](O)[C@@H](CC3CO[C@H](C)[C@H](O[C@@H]4CCC(=O)[C@@H](C)O4)[C@@H]3O)O2)c2c(cc3c(c2O)C(=O)c2c(O)cccc2C3=O)C1C(=O)OC. The lowest BCUT2D eigenvalue weighted by molar-refractivity contribution is -0.280. The van der Waals surface area contributed by atoms with E-state index in [9.17, 15) is 44.7 Å². The number of aromatic hydroxyl groups is 2. The molecule has 13 atom stereocenters. The Morgan fingerprint density at radius 1 is 0.983 bits per heavy atom. The molecule has 16 heteroatoms. The number of aliphatic hydroxyl groups excluding tert-OH is 2. The number of hydrogen-bond acceptors (Lipinski definition) is 16. The van der Waals surface area contributed by atoms with Crippen LogP contribution in [0.1, 0.15) is 114 Å². The zero-order valence-corrected chi connectivity index (χ0v) is 33.5. The number of methoxy groups -OCH3 is 1. The van der Waals surface area contributed by atoms with Crippen molar-refractivity contribution in [3.8, 4) is 11.5 Å². The third kappa shape index (κ3) is 7.36. The summed E-state index contributed by atoms with van der Waals surface area (Å²) < 4.78 is 36.2. The fourth-order valence-electron chi connectivity index (χ4n) is 9.41. The molecule has 5 aliphatic rings. The van der Waals surface area contributed by atoms with Crippen LogP contribution >= 0.6 is 0 Å². The van der Waals surface area contributed by atoms with Crippen molar-refractivity contribution >= 4 is 23.3 Å². The Bertz CT molecular complexity index is 1950. The van der Waals surface area contributed by atoms with Crippen LogP contribution in [0.4, 0.5) is 0 Å². The molecule has 316 valence electrons. The lowest BCUT2D eigenvalue weighted by Gasteiger charge is -2.47. The van der Waals surface area contributed by atoms with Gasteiger partial charge in [-0.3, -0.25) is 19.2 Å². The van der Waals surface area contributed by atoms with E-state index in [1.165, 1.54) is 24.3 Å². The second kappa shape index (κ2) is 16.3. The van der Waals surface area contributed by atoms with Gasteiger partial charge in [0.1, 0.15) is 29.6 Å². The minimum Gasteiger partial charge on any atom is -0.507 e. The van der Waals surface area contributed by atoms with Crippen molar-refractivity contribution in [3.05, 3.63) is 57.6 Å². The predicted octanol–water partition coefficient (Wildman–Crippen LogP) is 2.40. The van der Waals surface area contributed by atoms with Crippen molar-refractivity contribution < 1.29 is 73.1 Å². The molecule has 0 radical (unpaired) electrons. The van der Waals surface area contributed by atoms with Gasteiger partial charge in [-0.15, -0.1) is 0 Å². The van der Waals surface area contributed by atoms with Gasteiger partial charge in [-0.25, -0.2) is 0 Å². The third-order valence-electron chi connectivity index (χ3n) is 12.8. The summed E-state index contributed by atoms with van der Waals surface area (Å²) in [5.41, 5.74) is -2.73. The molecule has 0 amide bonds. The molecular weight excluding hydrogens is 758 g/mol. The smallest absolute Gasteiger partial charge is 0.316 e. The number of likely N-dealkylation sites (N-methyl/N-ethyl adjacent to an activating group) is 1. The van der Waals surface area contributed by atoms with Crippen LogP contribution in [-0.2, 0) is 38.0 Å². The van der Waals surface area contributed by atoms with Crippen LogP contribution in [0, 0.1) is 5.92 Å². The molecule has 58 heavy (non-hydrogen) atoms. The number of rotatable bonds is 9. The number of esters is 1. The van der Waals surface area contributed by atoms with Crippen molar-refractivity contribution in [1.82, 2.24) is 4.90 Å². The Hall–Kier alpha value is -3.84. The number of Topliss-reactive ketones (excluding diaryl/α,β-unsaturated/α-hetero) is 1. The highest BCUT2D eigenvalue weighted by Gasteiger charge is 2.54. The van der Waals surface area contributed by atoms with E-state index in [0.29, 0.717) is 12.8 Å². The molecule has 0 bridgehead atoms. The number of ether oxygens (including phenoxy) is 6. The number of hydrogen-bond donors (Lipinski definition) is 5. The van der Waals surface area contributed by atoms with Gasteiger partial charge in [-0.2, -0.15) is 0 Å². The standard InChI is InChI=1S/C42H53NO15/c1-7-42(52)16-28(32-22(34(42)41(51)53-6)14-23-33(39(32)50)38(49)31-21(36(23)47)9-8-10-26(31)45)57-30-15-24(43(4)5)37(48)27(56-30)13-20-17-54-19(3)40(35(20)46)58-29-12-11-25(44)18(2)55-29/h8-10,14,18-20,24,27-30,34-35,37,40,45-46,48,50,52H,7,11-13,15-17H2,1-6H3/t18-,19-,20?,24-,27-,28+,29-,30-,34?,35-,37-,40+,42-/m1/s1. The molecule has 3 saturated heterocycles. The van der Waals surface area contributed by atoms with Crippen molar-refractivity contribution in [2.75, 3.05) is 27.8 Å². The highest BCUT2D eigenvalue weighted by atomic mass is 16.7. The first-order chi connectivity index (χ1) is 27.5. The Morgan fingerprint density at radius 3 is 2.40 bits per heavy atom. The lowest BCUT2D eigenvalue weighted by atomic mass is 9.67. The van der Waals surface area contributed by atoms with Crippen molar-refractivity contribution in [3.63, 3.8) is 0 Å². The summed E-state index contributed by atoms with van der Waals surface area (Å²) in [6, 6.07) is 4.85. The quantitative estimate of drug-likeness (QED) is 0.196. The van der Waals surface area contributed by atoms with Gasteiger partial charge in [0.2, 0.25) is 5.78 Å². The van der Waals surface area contributed by atoms with E-state index in [4.69, 9.17) is 28.4 Å². The Labute approximate surface area is 335 Å². The summed E-state index contributed by atoms with van der Waals surface area (Å²) in [6.45, 7) is 5.24. The second-order valence-corrected chi connectivity index (χ2v) is 16.5. The molecule has 0 aromatic heterocycles. The topological polar surface area (TPSA) is 228 Å².